The summed E-state index contributed by atoms with van der Waals surface area (Å²) in [5, 5.41) is 4.95. The average molecular weight is 519 g/mol. The first-order valence-corrected chi connectivity index (χ1v) is 11.2. The smallest absolute Gasteiger partial charge is 0.307 e. The summed E-state index contributed by atoms with van der Waals surface area (Å²) < 4.78 is 7.36. The van der Waals surface area contributed by atoms with Crippen LogP contribution in [-0.2, 0) is 0 Å². The van der Waals surface area contributed by atoms with Gasteiger partial charge in [0.05, 0.1) is 10.7 Å². The van der Waals surface area contributed by atoms with E-state index in [-0.39, 0.29) is 11.7 Å². The van der Waals surface area contributed by atoms with Crippen LogP contribution in [0.1, 0.15) is 40.9 Å². The Kier molecular flexibility index (Phi) is 6.06. The van der Waals surface area contributed by atoms with Crippen LogP contribution >= 0.6 is 31.9 Å². The van der Waals surface area contributed by atoms with Gasteiger partial charge in [-0.3, -0.25) is 4.79 Å². The van der Waals surface area contributed by atoms with E-state index < -0.39 is 0 Å². The molecule has 4 rings (SSSR count). The van der Waals surface area contributed by atoms with Gasteiger partial charge in [-0.25, -0.2) is 5.43 Å². The number of hydrogen-bond acceptors (Lipinski definition) is 4. The summed E-state index contributed by atoms with van der Waals surface area (Å²) in [6.07, 6.45) is 5.50. The number of hydrazone groups is 1. The summed E-state index contributed by atoms with van der Waals surface area (Å²) in [6.45, 7) is 4.30. The second kappa shape index (κ2) is 8.71. The Morgan fingerprint density at radius 1 is 1.14 bits per heavy atom. The quantitative estimate of drug-likeness (QED) is 0.339. The minimum atomic E-state index is -0.386. The Balaban J connectivity index is 1.44. The normalized spacial score (nSPS) is 14.7. The number of fused-ring (bicyclic) bond motifs is 1. The Morgan fingerprint density at radius 2 is 1.93 bits per heavy atom. The average Bonchev–Trinajstić information content (AvgIpc) is 3.14. The van der Waals surface area contributed by atoms with Crippen LogP contribution in [0.25, 0.3) is 11.0 Å². The third-order valence-corrected chi connectivity index (χ3v) is 6.15. The van der Waals surface area contributed by atoms with Crippen LogP contribution in [0, 0.1) is 6.92 Å². The van der Waals surface area contributed by atoms with Gasteiger partial charge in [-0.2, -0.15) is 5.10 Å². The molecule has 1 amide bonds. The highest BCUT2D eigenvalue weighted by atomic mass is 79.9. The molecule has 0 spiro atoms. The zero-order valence-corrected chi connectivity index (χ0v) is 19.2. The van der Waals surface area contributed by atoms with E-state index in [9.17, 15) is 4.79 Å². The number of furan rings is 1. The highest BCUT2D eigenvalue weighted by molar-refractivity contribution is 9.11. The molecule has 1 aliphatic rings. The Labute approximate surface area is 186 Å². The number of rotatable bonds is 4. The van der Waals surface area contributed by atoms with Gasteiger partial charge in [0.15, 0.2) is 5.76 Å². The second-order valence-electron chi connectivity index (χ2n) is 7.20. The highest BCUT2D eigenvalue weighted by Crippen LogP contribution is 2.31. The van der Waals surface area contributed by atoms with Crippen LogP contribution in [-0.4, -0.2) is 25.2 Å². The molecule has 0 unspecified atom stereocenters. The summed E-state index contributed by atoms with van der Waals surface area (Å²) in [6, 6.07) is 11.8. The first kappa shape index (κ1) is 20.2. The molecule has 0 atom stereocenters. The van der Waals surface area contributed by atoms with Gasteiger partial charge in [-0.1, -0.05) is 22.0 Å². The molecule has 1 aliphatic heterocycles. The fourth-order valence-corrected chi connectivity index (χ4v) is 4.90. The maximum absolute atomic E-state index is 12.4. The Hall–Kier alpha value is -2.12. The number of benzene rings is 2. The number of nitrogens with zero attached hydrogens (tertiary/aromatic N) is 2. The van der Waals surface area contributed by atoms with Crippen LogP contribution in [0.15, 0.2) is 54.9 Å². The zero-order chi connectivity index (χ0) is 20.4. The predicted octanol–water partition coefficient (Wildman–Crippen LogP) is 6.02. The van der Waals surface area contributed by atoms with Gasteiger partial charge >= 0.3 is 5.91 Å². The first-order chi connectivity index (χ1) is 14.0. The molecule has 3 aromatic rings. The van der Waals surface area contributed by atoms with Crippen molar-refractivity contribution in [1.29, 1.82) is 0 Å². The monoisotopic (exact) mass is 517 g/mol. The number of halogens is 2. The minimum absolute atomic E-state index is 0.216. The number of piperidine rings is 1. The van der Waals surface area contributed by atoms with E-state index in [1.165, 1.54) is 24.9 Å². The van der Waals surface area contributed by atoms with E-state index in [1.807, 2.05) is 18.2 Å². The first-order valence-electron chi connectivity index (χ1n) is 9.59. The van der Waals surface area contributed by atoms with E-state index in [1.54, 1.807) is 12.3 Å². The van der Waals surface area contributed by atoms with Gasteiger partial charge in [0.25, 0.3) is 0 Å². The van der Waals surface area contributed by atoms with Gasteiger partial charge in [-0.15, -0.1) is 0 Å². The number of carbonyl (C=O) groups excluding carboxylic acids is 1. The van der Waals surface area contributed by atoms with Crippen molar-refractivity contribution in [2.24, 2.45) is 5.10 Å². The summed E-state index contributed by atoms with van der Waals surface area (Å²) in [4.78, 5) is 14.8. The van der Waals surface area contributed by atoms with Crippen LogP contribution in [0.2, 0.25) is 0 Å². The molecule has 29 heavy (non-hydrogen) atoms. The maximum Gasteiger partial charge on any atom is 0.307 e. The number of carbonyl (C=O) groups is 1. The van der Waals surface area contributed by atoms with Gasteiger partial charge in [0.2, 0.25) is 0 Å². The topological polar surface area (TPSA) is 57.8 Å². The number of hydrogen-bond donors (Lipinski definition) is 1. The molecule has 1 aromatic heterocycles. The lowest BCUT2D eigenvalue weighted by molar-refractivity contribution is 0.0929. The van der Waals surface area contributed by atoms with E-state index in [2.05, 4.69) is 66.3 Å². The Morgan fingerprint density at radius 3 is 2.69 bits per heavy atom. The molecule has 0 radical (unpaired) electrons. The molecule has 1 N–H and O–H groups in total. The summed E-state index contributed by atoms with van der Waals surface area (Å²) in [5.74, 6) is -0.170. The van der Waals surface area contributed by atoms with Crippen molar-refractivity contribution in [3.63, 3.8) is 0 Å². The van der Waals surface area contributed by atoms with Crippen molar-refractivity contribution in [2.45, 2.75) is 26.2 Å². The largest absolute Gasteiger partial charge is 0.450 e. The SMILES string of the molecule is Cc1cc(N2CCCCC2)ccc1/C=N\NC(=O)c1cc2cc(Br)cc(Br)c2o1. The number of amides is 1. The van der Waals surface area contributed by atoms with Crippen molar-refractivity contribution in [3.8, 4) is 0 Å². The second-order valence-corrected chi connectivity index (χ2v) is 8.97. The summed E-state index contributed by atoms with van der Waals surface area (Å²) >= 11 is 6.88. The molecule has 1 fully saturated rings. The number of aryl methyl sites for hydroxylation is 1. The molecule has 2 heterocycles. The lowest BCUT2D eigenvalue weighted by Crippen LogP contribution is -2.29. The van der Waals surface area contributed by atoms with Crippen molar-refractivity contribution in [1.82, 2.24) is 5.43 Å². The molecule has 0 aliphatic carbocycles. The third kappa shape index (κ3) is 4.56. The molecule has 5 nitrogen and oxygen atoms in total. The van der Waals surface area contributed by atoms with Gasteiger partial charge in [0.1, 0.15) is 5.58 Å². The standard InChI is InChI=1S/C22H21Br2N3O2/c1-14-9-18(27-7-3-2-4-8-27)6-5-15(14)13-25-26-22(28)20-11-16-10-17(23)12-19(24)21(16)29-20/h5-6,9-13H,2-4,7-8H2,1H3,(H,26,28)/b25-13-. The molecule has 1 saturated heterocycles. The highest BCUT2D eigenvalue weighted by Gasteiger charge is 2.14. The third-order valence-electron chi connectivity index (χ3n) is 5.10. The molecule has 0 saturated carbocycles. The predicted molar refractivity (Wildman–Crippen MR) is 124 cm³/mol. The molecule has 0 bridgehead atoms. The van der Waals surface area contributed by atoms with E-state index in [0.717, 1.165) is 38.5 Å². The van der Waals surface area contributed by atoms with Crippen LogP contribution in [0.3, 0.4) is 0 Å². The molecule has 7 heteroatoms. The maximum atomic E-state index is 12.4. The van der Waals surface area contributed by atoms with Crippen molar-refractivity contribution >= 4 is 60.6 Å². The zero-order valence-electron chi connectivity index (χ0n) is 16.0. The minimum Gasteiger partial charge on any atom is -0.450 e. The van der Waals surface area contributed by atoms with E-state index >= 15 is 0 Å². The van der Waals surface area contributed by atoms with E-state index in [0.29, 0.717) is 5.58 Å². The molecular formula is C22H21Br2N3O2. The van der Waals surface area contributed by atoms with Gasteiger partial charge in [-0.05, 0) is 83.6 Å². The van der Waals surface area contributed by atoms with Gasteiger partial charge < -0.3 is 9.32 Å². The van der Waals surface area contributed by atoms with Crippen molar-refractivity contribution in [3.05, 3.63) is 62.2 Å². The lowest BCUT2D eigenvalue weighted by Gasteiger charge is -2.29. The summed E-state index contributed by atoms with van der Waals surface area (Å²) in [7, 11) is 0. The number of nitrogens with one attached hydrogen (secondary N) is 1. The molecule has 150 valence electrons. The van der Waals surface area contributed by atoms with Crippen LogP contribution in [0.4, 0.5) is 5.69 Å². The summed E-state index contributed by atoms with van der Waals surface area (Å²) in [5.41, 5.74) is 6.53. The lowest BCUT2D eigenvalue weighted by atomic mass is 10.1. The van der Waals surface area contributed by atoms with Gasteiger partial charge in [0, 0.05) is 28.6 Å². The molecular weight excluding hydrogens is 498 g/mol. The van der Waals surface area contributed by atoms with Crippen LogP contribution in [0.5, 0.6) is 0 Å². The van der Waals surface area contributed by atoms with Crippen molar-refractivity contribution < 1.29 is 9.21 Å². The van der Waals surface area contributed by atoms with Crippen molar-refractivity contribution in [2.75, 3.05) is 18.0 Å². The molecule has 2 aromatic carbocycles. The van der Waals surface area contributed by atoms with E-state index in [4.69, 9.17) is 4.42 Å². The number of anilines is 1. The fourth-order valence-electron chi connectivity index (χ4n) is 3.56. The Bertz CT molecular complexity index is 1090. The van der Waals surface area contributed by atoms with Crippen LogP contribution < -0.4 is 10.3 Å². The fraction of sp³-hybridized carbons (Fsp3) is 0.273.